The topological polar surface area (TPSA) is 131 Å². The number of nitrogens with one attached hydrogen (secondary N) is 2. The average Bonchev–Trinajstić information content (AvgIpc) is 3.05. The van der Waals surface area contributed by atoms with E-state index in [0.717, 1.165) is 24.3 Å². The molecule has 0 saturated carbocycles. The van der Waals surface area contributed by atoms with E-state index in [9.17, 15) is 18.0 Å². The van der Waals surface area contributed by atoms with Gasteiger partial charge in [0, 0.05) is 26.9 Å². The fourth-order valence-corrected chi connectivity index (χ4v) is 5.16. The van der Waals surface area contributed by atoms with Gasteiger partial charge in [-0.25, -0.2) is 0 Å². The number of carbonyl (C=O) groups excluding carboxylic acids is 2. The normalized spacial score (nSPS) is 10.5. The third-order valence-electron chi connectivity index (χ3n) is 6.94. The summed E-state index contributed by atoms with van der Waals surface area (Å²) >= 11 is 0. The van der Waals surface area contributed by atoms with E-state index in [1.165, 1.54) is 58.7 Å². The minimum Gasteiger partial charge on any atom is -0.497 e. The first kappa shape index (κ1) is 35.5. The summed E-state index contributed by atoms with van der Waals surface area (Å²) in [5.41, 5.74) is 2.44. The molecule has 0 spiro atoms. The van der Waals surface area contributed by atoms with Gasteiger partial charge in [-0.3, -0.25) is 14.1 Å². The molecule has 242 valence electrons. The van der Waals surface area contributed by atoms with Gasteiger partial charge in [-0.05, 0) is 81.9 Å². The van der Waals surface area contributed by atoms with Crippen molar-refractivity contribution in [3.8, 4) is 11.5 Å². The first-order chi connectivity index (χ1) is 22.0. The Morgan fingerprint density at radius 3 is 1.41 bits per heavy atom. The van der Waals surface area contributed by atoms with Crippen molar-refractivity contribution in [2.24, 2.45) is 0 Å². The van der Waals surface area contributed by atoms with E-state index in [1.54, 1.807) is 32.4 Å². The molecule has 3 N–H and O–H groups in total. The lowest BCUT2D eigenvalue weighted by atomic mass is 10.0. The van der Waals surface area contributed by atoms with Gasteiger partial charge in [-0.1, -0.05) is 66.7 Å². The summed E-state index contributed by atoms with van der Waals surface area (Å²) in [7, 11) is -0.667. The van der Waals surface area contributed by atoms with Gasteiger partial charge >= 0.3 is 0 Å². The van der Waals surface area contributed by atoms with E-state index in [1.807, 2.05) is 36.4 Å². The summed E-state index contributed by atoms with van der Waals surface area (Å²) in [5, 5.41) is 10.4. The third-order valence-corrected chi connectivity index (χ3v) is 7.80. The highest BCUT2D eigenvalue weighted by atomic mass is 32.2. The van der Waals surface area contributed by atoms with E-state index in [-0.39, 0.29) is 16.7 Å². The van der Waals surface area contributed by atoms with Crippen molar-refractivity contribution in [1.82, 2.24) is 10.6 Å². The lowest BCUT2D eigenvalue weighted by molar-refractivity contribution is -0.119. The van der Waals surface area contributed by atoms with E-state index in [4.69, 9.17) is 14.0 Å². The quantitative estimate of drug-likeness (QED) is 0.168. The molecule has 5 aromatic rings. The highest BCUT2D eigenvalue weighted by Gasteiger charge is 2.06. The predicted octanol–water partition coefficient (Wildman–Crippen LogP) is 5.99. The molecule has 0 aromatic heterocycles. The van der Waals surface area contributed by atoms with Crippen LogP contribution < -0.4 is 20.1 Å². The van der Waals surface area contributed by atoms with Gasteiger partial charge in [-0.15, -0.1) is 0 Å². The van der Waals surface area contributed by atoms with Gasteiger partial charge in [-0.2, -0.15) is 8.42 Å². The molecule has 0 aliphatic heterocycles. The largest absolute Gasteiger partial charge is 0.497 e. The Morgan fingerprint density at radius 2 is 1.07 bits per heavy atom. The van der Waals surface area contributed by atoms with E-state index in [0.29, 0.717) is 13.1 Å². The number of amides is 2. The van der Waals surface area contributed by atoms with Gasteiger partial charge in [0.2, 0.25) is 11.8 Å². The third kappa shape index (κ3) is 11.2. The maximum Gasteiger partial charge on any atom is 0.294 e. The van der Waals surface area contributed by atoms with Crippen LogP contribution in [0.2, 0.25) is 0 Å². The highest BCUT2D eigenvalue weighted by Crippen LogP contribution is 2.25. The minimum absolute atomic E-state index is 0.00724. The van der Waals surface area contributed by atoms with Crippen LogP contribution in [0.3, 0.4) is 0 Å². The predicted molar refractivity (Wildman–Crippen MR) is 182 cm³/mol. The molecular formula is C36H40N2O7S. The van der Waals surface area contributed by atoms with Gasteiger partial charge in [0.25, 0.3) is 10.1 Å². The molecule has 9 nitrogen and oxygen atoms in total. The zero-order valence-electron chi connectivity index (χ0n) is 26.4. The fourth-order valence-electron chi connectivity index (χ4n) is 4.66. The second-order valence-corrected chi connectivity index (χ2v) is 11.7. The van der Waals surface area contributed by atoms with Crippen molar-refractivity contribution in [3.63, 3.8) is 0 Å². The van der Waals surface area contributed by atoms with Crippen LogP contribution in [0.5, 0.6) is 11.5 Å². The van der Waals surface area contributed by atoms with Crippen molar-refractivity contribution in [2.75, 3.05) is 27.3 Å². The molecule has 46 heavy (non-hydrogen) atoms. The minimum atomic E-state index is -4.00. The van der Waals surface area contributed by atoms with Crippen LogP contribution in [0.4, 0.5) is 0 Å². The van der Waals surface area contributed by atoms with Crippen LogP contribution in [0.15, 0.2) is 108 Å². The van der Waals surface area contributed by atoms with Crippen LogP contribution in [0.25, 0.3) is 21.5 Å². The van der Waals surface area contributed by atoms with E-state index < -0.39 is 10.1 Å². The number of carbonyl (C=O) groups is 2. The summed E-state index contributed by atoms with van der Waals surface area (Å²) in [6.07, 6.45) is 1.65. The molecule has 0 radical (unpaired) electrons. The van der Waals surface area contributed by atoms with Crippen molar-refractivity contribution < 1.29 is 32.0 Å². The van der Waals surface area contributed by atoms with Crippen LogP contribution in [-0.2, 0) is 32.5 Å². The number of methoxy groups -OCH3 is 2. The molecule has 0 saturated heterocycles. The molecule has 5 rings (SSSR count). The molecule has 2 amide bonds. The number of ether oxygens (including phenoxy) is 2. The molecule has 0 atom stereocenters. The first-order valence-electron chi connectivity index (χ1n) is 14.6. The van der Waals surface area contributed by atoms with E-state index >= 15 is 0 Å². The van der Waals surface area contributed by atoms with Crippen LogP contribution in [0.1, 0.15) is 25.0 Å². The lowest BCUT2D eigenvalue weighted by Gasteiger charge is -2.08. The second kappa shape index (κ2) is 17.5. The van der Waals surface area contributed by atoms with Gasteiger partial charge in [0.15, 0.2) is 0 Å². The average molecular weight is 645 g/mol. The summed E-state index contributed by atoms with van der Waals surface area (Å²) in [6.45, 7) is 4.38. The summed E-state index contributed by atoms with van der Waals surface area (Å²) in [5.74, 6) is 1.73. The van der Waals surface area contributed by atoms with Gasteiger partial charge in [0.1, 0.15) is 11.5 Å². The Balaban J connectivity index is 0.000000196. The Bertz CT molecular complexity index is 1760. The second-order valence-electron chi connectivity index (χ2n) is 10.3. The molecule has 0 fully saturated rings. The molecule has 0 aliphatic rings. The Hall–Kier alpha value is -4.93. The molecule has 0 unspecified atom stereocenters. The van der Waals surface area contributed by atoms with E-state index in [2.05, 4.69) is 47.0 Å². The SMILES string of the molecule is COc1ccc2cccc(CCNC(C)=O)c2c1.COc1ccc2cccc(CCNC(C)=O)c2c1.O=S(=O)(O)c1ccccc1. The molecule has 0 bridgehead atoms. The number of benzene rings is 5. The zero-order valence-corrected chi connectivity index (χ0v) is 27.3. The van der Waals surface area contributed by atoms with Crippen molar-refractivity contribution in [2.45, 2.75) is 31.6 Å². The van der Waals surface area contributed by atoms with Crippen LogP contribution in [-0.4, -0.2) is 52.1 Å². The number of hydrogen-bond donors (Lipinski definition) is 3. The molecule has 10 heteroatoms. The van der Waals surface area contributed by atoms with Crippen molar-refractivity contribution in [1.29, 1.82) is 0 Å². The molecular weight excluding hydrogens is 604 g/mol. The maximum atomic E-state index is 10.9. The number of hydrogen-bond acceptors (Lipinski definition) is 6. The molecule has 0 heterocycles. The zero-order chi connectivity index (χ0) is 33.5. The summed E-state index contributed by atoms with van der Waals surface area (Å²) < 4.78 is 39.7. The summed E-state index contributed by atoms with van der Waals surface area (Å²) in [6, 6.07) is 31.9. The van der Waals surface area contributed by atoms with Gasteiger partial charge in [0.05, 0.1) is 19.1 Å². The van der Waals surface area contributed by atoms with Gasteiger partial charge < -0.3 is 20.1 Å². The van der Waals surface area contributed by atoms with Crippen molar-refractivity contribution in [3.05, 3.63) is 114 Å². The van der Waals surface area contributed by atoms with Crippen LogP contribution in [0, 0.1) is 0 Å². The van der Waals surface area contributed by atoms with Crippen molar-refractivity contribution >= 4 is 43.5 Å². The first-order valence-corrected chi connectivity index (χ1v) is 16.1. The fraction of sp³-hybridized carbons (Fsp3) is 0.222. The molecule has 5 aromatic carbocycles. The maximum absolute atomic E-state index is 10.9. The summed E-state index contributed by atoms with van der Waals surface area (Å²) in [4.78, 5) is 21.7. The monoisotopic (exact) mass is 644 g/mol. The highest BCUT2D eigenvalue weighted by molar-refractivity contribution is 7.85. The molecule has 0 aliphatic carbocycles. The Morgan fingerprint density at radius 1 is 0.630 bits per heavy atom. The Kier molecular flexibility index (Phi) is 13.5. The lowest BCUT2D eigenvalue weighted by Crippen LogP contribution is -2.22. The smallest absolute Gasteiger partial charge is 0.294 e. The number of rotatable bonds is 9. The number of fused-ring (bicyclic) bond motifs is 2. The Labute approximate surface area is 270 Å². The van der Waals surface area contributed by atoms with Crippen LogP contribution >= 0.6 is 0 Å². The standard InChI is InChI=1S/2C15H17NO2.C6H6O3S/c2*1-11(17)16-9-8-13-5-3-4-12-6-7-14(18-2)10-15(12)13;7-10(8,9)6-4-2-1-3-5-6/h2*3-7,10H,8-9H2,1-2H3,(H,16,17);1-5H,(H,7,8,9).